The van der Waals surface area contributed by atoms with E-state index >= 15 is 0 Å². The summed E-state index contributed by atoms with van der Waals surface area (Å²) in [6.07, 6.45) is 3.17. The number of carboxylic acid groups (broad SMARTS) is 1. The molecule has 4 rings (SSSR count). The summed E-state index contributed by atoms with van der Waals surface area (Å²) in [5.41, 5.74) is 3.37. The van der Waals surface area contributed by atoms with Crippen molar-refractivity contribution in [2.24, 2.45) is 11.8 Å². The molecule has 0 aromatic heterocycles. The topological polar surface area (TPSA) is 105 Å². The van der Waals surface area contributed by atoms with Crippen molar-refractivity contribution < 1.29 is 24.2 Å². The fraction of sp³-hybridized carbons (Fsp3) is 0.464. The number of fused-ring (bicyclic) bond motifs is 3. The first-order valence-electron chi connectivity index (χ1n) is 12.5. The molecule has 0 bridgehead atoms. The van der Waals surface area contributed by atoms with Gasteiger partial charge in [-0.05, 0) is 54.4 Å². The Kier molecular flexibility index (Phi) is 7.43. The summed E-state index contributed by atoms with van der Waals surface area (Å²) in [4.78, 5) is 37.2. The van der Waals surface area contributed by atoms with Crippen molar-refractivity contribution in [1.82, 2.24) is 10.6 Å². The monoisotopic (exact) mass is 478 g/mol. The maximum absolute atomic E-state index is 12.9. The number of carboxylic acids is 1. The minimum Gasteiger partial charge on any atom is -0.480 e. The second kappa shape index (κ2) is 10.5. The zero-order chi connectivity index (χ0) is 25.0. The third-order valence-electron chi connectivity index (χ3n) is 7.68. The molecule has 7 heteroatoms. The molecular formula is C28H34N2O5. The molecule has 0 radical (unpaired) electrons. The van der Waals surface area contributed by atoms with Crippen molar-refractivity contribution in [2.75, 3.05) is 13.2 Å². The highest BCUT2D eigenvalue weighted by Crippen LogP contribution is 2.44. The van der Waals surface area contributed by atoms with Crippen molar-refractivity contribution in [3.8, 4) is 11.1 Å². The number of hydrogen-bond acceptors (Lipinski definition) is 4. The fourth-order valence-electron chi connectivity index (χ4n) is 5.32. The van der Waals surface area contributed by atoms with Crippen molar-refractivity contribution in [3.05, 3.63) is 59.7 Å². The summed E-state index contributed by atoms with van der Waals surface area (Å²) in [5, 5.41) is 15.1. The molecule has 2 aliphatic carbocycles. The number of aliphatic carboxylic acids is 1. The Labute approximate surface area is 206 Å². The van der Waals surface area contributed by atoms with Crippen LogP contribution in [0.4, 0.5) is 4.79 Å². The van der Waals surface area contributed by atoms with E-state index in [2.05, 4.69) is 34.9 Å². The molecular weight excluding hydrogens is 444 g/mol. The van der Waals surface area contributed by atoms with Gasteiger partial charge in [0.15, 0.2) is 0 Å². The van der Waals surface area contributed by atoms with Crippen molar-refractivity contribution >= 4 is 18.0 Å². The van der Waals surface area contributed by atoms with Crippen LogP contribution in [0.3, 0.4) is 0 Å². The Bertz CT molecular complexity index is 1050. The number of benzene rings is 2. The maximum Gasteiger partial charge on any atom is 0.407 e. The van der Waals surface area contributed by atoms with Crippen LogP contribution in [0.2, 0.25) is 0 Å². The van der Waals surface area contributed by atoms with Crippen molar-refractivity contribution in [3.63, 3.8) is 0 Å². The first-order valence-corrected chi connectivity index (χ1v) is 12.5. The predicted octanol–water partition coefficient (Wildman–Crippen LogP) is 4.70. The molecule has 2 aliphatic rings. The number of ether oxygens (including phenoxy) is 1. The van der Waals surface area contributed by atoms with E-state index in [9.17, 15) is 19.5 Å². The lowest BCUT2D eigenvalue weighted by Crippen LogP contribution is -2.55. The molecule has 35 heavy (non-hydrogen) atoms. The molecule has 0 heterocycles. The van der Waals surface area contributed by atoms with Gasteiger partial charge >= 0.3 is 12.1 Å². The number of nitrogens with one attached hydrogen (secondary N) is 2. The summed E-state index contributed by atoms with van der Waals surface area (Å²) in [7, 11) is 0. The van der Waals surface area contributed by atoms with Crippen molar-refractivity contribution in [1.29, 1.82) is 0 Å². The SMILES string of the molecule is CCC(C)(NC(=O)[C@@H]1CCCC[C@@H]1CNC(=O)OCC1c2ccccc2-c2ccccc21)C(=O)O. The van der Waals surface area contributed by atoms with Gasteiger partial charge in [-0.25, -0.2) is 9.59 Å². The molecule has 0 saturated heterocycles. The van der Waals surface area contributed by atoms with E-state index in [1.54, 1.807) is 6.92 Å². The van der Waals surface area contributed by atoms with Crippen LogP contribution in [0.25, 0.3) is 11.1 Å². The Morgan fingerprint density at radius 2 is 1.60 bits per heavy atom. The van der Waals surface area contributed by atoms with Crippen molar-refractivity contribution in [2.45, 2.75) is 57.4 Å². The lowest BCUT2D eigenvalue weighted by atomic mass is 9.78. The molecule has 2 amide bonds. The molecule has 7 nitrogen and oxygen atoms in total. The average molecular weight is 479 g/mol. The van der Waals surface area contributed by atoms with E-state index in [0.717, 1.165) is 30.4 Å². The van der Waals surface area contributed by atoms with Gasteiger partial charge in [0.25, 0.3) is 0 Å². The summed E-state index contributed by atoms with van der Waals surface area (Å²) in [6, 6.07) is 16.4. The van der Waals surface area contributed by atoms with E-state index < -0.39 is 17.6 Å². The van der Waals surface area contributed by atoms with Crippen LogP contribution in [0.15, 0.2) is 48.5 Å². The van der Waals surface area contributed by atoms with Gasteiger partial charge in [-0.3, -0.25) is 4.79 Å². The van der Waals surface area contributed by atoms with Gasteiger partial charge < -0.3 is 20.5 Å². The smallest absolute Gasteiger partial charge is 0.407 e. The molecule has 0 spiro atoms. The molecule has 3 atom stereocenters. The normalized spacial score (nSPS) is 20.7. The summed E-state index contributed by atoms with van der Waals surface area (Å²) >= 11 is 0. The minimum absolute atomic E-state index is 0.0101. The largest absolute Gasteiger partial charge is 0.480 e. The molecule has 0 aliphatic heterocycles. The molecule has 2 aromatic rings. The molecule has 2 aromatic carbocycles. The highest BCUT2D eigenvalue weighted by molar-refractivity contribution is 5.88. The maximum atomic E-state index is 12.9. The number of carbonyl (C=O) groups is 3. The van der Waals surface area contributed by atoms with E-state index in [4.69, 9.17) is 4.74 Å². The van der Waals surface area contributed by atoms with Crippen LogP contribution in [-0.2, 0) is 14.3 Å². The Balaban J connectivity index is 1.34. The number of alkyl carbamates (subject to hydrolysis) is 1. The van der Waals surface area contributed by atoms with Crippen LogP contribution < -0.4 is 10.6 Å². The average Bonchev–Trinajstić information content (AvgIpc) is 3.19. The zero-order valence-corrected chi connectivity index (χ0v) is 20.4. The van der Waals surface area contributed by atoms with Crippen LogP contribution in [0, 0.1) is 11.8 Å². The number of rotatable bonds is 8. The molecule has 1 saturated carbocycles. The highest BCUT2D eigenvalue weighted by atomic mass is 16.5. The standard InChI is InChI=1S/C28H34N2O5/c1-3-28(2,26(32)33)30-25(31)19-11-5-4-10-18(19)16-29-27(34)35-17-24-22-14-8-6-12-20(22)21-13-7-9-15-23(21)24/h6-9,12-15,18-19,24H,3-5,10-11,16-17H2,1-2H3,(H,29,34)(H,30,31)(H,32,33)/t18-,19-,28?/m1/s1. The number of carbonyl (C=O) groups excluding carboxylic acids is 2. The summed E-state index contributed by atoms with van der Waals surface area (Å²) < 4.78 is 5.63. The van der Waals surface area contributed by atoms with Gasteiger partial charge in [0.2, 0.25) is 5.91 Å². The molecule has 1 fully saturated rings. The molecule has 186 valence electrons. The van der Waals surface area contributed by atoms with Gasteiger partial charge in [-0.2, -0.15) is 0 Å². The number of amides is 2. The summed E-state index contributed by atoms with van der Waals surface area (Å²) in [5.74, 6) is -1.70. The first-order chi connectivity index (χ1) is 16.8. The Hall–Kier alpha value is -3.35. The van der Waals surface area contributed by atoms with E-state index in [1.807, 2.05) is 24.3 Å². The number of hydrogen-bond donors (Lipinski definition) is 3. The fourth-order valence-corrected chi connectivity index (χ4v) is 5.32. The lowest BCUT2D eigenvalue weighted by molar-refractivity contribution is -0.148. The van der Waals surface area contributed by atoms with Gasteiger partial charge in [-0.15, -0.1) is 0 Å². The van der Waals surface area contributed by atoms with Crippen LogP contribution >= 0.6 is 0 Å². The third kappa shape index (κ3) is 5.19. The van der Waals surface area contributed by atoms with E-state index in [0.29, 0.717) is 19.4 Å². The van der Waals surface area contributed by atoms with Crippen LogP contribution in [0.5, 0.6) is 0 Å². The van der Waals surface area contributed by atoms with Crippen LogP contribution in [-0.4, -0.2) is 41.8 Å². The third-order valence-corrected chi connectivity index (χ3v) is 7.68. The van der Waals surface area contributed by atoms with Gasteiger partial charge in [0.1, 0.15) is 12.1 Å². The molecule has 3 N–H and O–H groups in total. The van der Waals surface area contributed by atoms with E-state index in [1.165, 1.54) is 18.1 Å². The zero-order valence-electron chi connectivity index (χ0n) is 20.4. The Morgan fingerprint density at radius 1 is 1.00 bits per heavy atom. The van der Waals surface area contributed by atoms with E-state index in [-0.39, 0.29) is 30.3 Å². The first kappa shape index (κ1) is 24.8. The van der Waals surface area contributed by atoms with Crippen LogP contribution in [0.1, 0.15) is 63.0 Å². The second-order valence-electron chi connectivity index (χ2n) is 9.84. The Morgan fingerprint density at radius 3 is 2.20 bits per heavy atom. The quantitative estimate of drug-likeness (QED) is 0.510. The highest BCUT2D eigenvalue weighted by Gasteiger charge is 2.38. The van der Waals surface area contributed by atoms with Gasteiger partial charge in [0.05, 0.1) is 0 Å². The minimum atomic E-state index is -1.29. The predicted molar refractivity (Wildman–Crippen MR) is 133 cm³/mol. The summed E-state index contributed by atoms with van der Waals surface area (Å²) in [6.45, 7) is 3.83. The van der Waals surface area contributed by atoms with Gasteiger partial charge in [-0.1, -0.05) is 68.3 Å². The second-order valence-corrected chi connectivity index (χ2v) is 9.84. The lowest BCUT2D eigenvalue weighted by Gasteiger charge is -2.34. The molecule has 1 unspecified atom stereocenters. The van der Waals surface area contributed by atoms with Gasteiger partial charge in [0, 0.05) is 18.4 Å².